The van der Waals surface area contributed by atoms with Crippen molar-refractivity contribution in [3.63, 3.8) is 0 Å². The molecule has 0 spiro atoms. The quantitative estimate of drug-likeness (QED) is 0.311. The molecule has 0 aliphatic carbocycles. The molecule has 0 radical (unpaired) electrons. The van der Waals surface area contributed by atoms with E-state index in [4.69, 9.17) is 0 Å². The Labute approximate surface area is 143 Å². The zero-order valence-electron chi connectivity index (χ0n) is 16.5. The minimum absolute atomic E-state index is 1.16. The van der Waals surface area contributed by atoms with Crippen molar-refractivity contribution in [2.45, 2.75) is 92.9 Å². The Bertz CT molecular complexity index is 200. The van der Waals surface area contributed by atoms with Crippen molar-refractivity contribution in [2.24, 2.45) is 0 Å². The van der Waals surface area contributed by atoms with Crippen LogP contribution in [-0.4, -0.2) is 0 Å². The summed E-state index contributed by atoms with van der Waals surface area (Å²) in [6, 6.07) is 0. The summed E-state index contributed by atoms with van der Waals surface area (Å²) in [6.45, 7) is 19.6. The van der Waals surface area contributed by atoms with Gasteiger partial charge >= 0.3 is 0 Å². The molecule has 0 aromatic carbocycles. The van der Waals surface area contributed by atoms with Gasteiger partial charge in [0.2, 0.25) is 0 Å². The molecule has 0 saturated heterocycles. The molecule has 0 amide bonds. The van der Waals surface area contributed by atoms with E-state index >= 15 is 0 Å². The lowest BCUT2D eigenvalue weighted by atomic mass is 10.2. The molecule has 0 aliphatic heterocycles. The lowest BCUT2D eigenvalue weighted by Crippen LogP contribution is -1.62. The van der Waals surface area contributed by atoms with Crippen LogP contribution in [0.5, 0.6) is 0 Å². The number of hydrogen-bond acceptors (Lipinski definition) is 0. The van der Waals surface area contributed by atoms with E-state index < -0.39 is 0 Å². The zero-order chi connectivity index (χ0) is 17.9. The van der Waals surface area contributed by atoms with Crippen molar-refractivity contribution in [2.75, 3.05) is 0 Å². The van der Waals surface area contributed by atoms with Crippen molar-refractivity contribution in [3.05, 3.63) is 49.6 Å². The highest BCUT2D eigenvalue weighted by atomic mass is 13.8. The summed E-state index contributed by atoms with van der Waals surface area (Å²) in [5.41, 5.74) is 0. The molecule has 132 valence electrons. The molecular formula is C22H44. The Balaban J connectivity index is -0.000000104. The first-order valence-electron chi connectivity index (χ1n) is 9.10. The predicted molar refractivity (Wildman–Crippen MR) is 110 cm³/mol. The molecule has 0 saturated carbocycles. The first-order valence-corrected chi connectivity index (χ1v) is 9.10. The fourth-order valence-corrected chi connectivity index (χ4v) is 1.15. The number of allylic oxidation sites excluding steroid dienone is 6. The van der Waals surface area contributed by atoms with E-state index in [0.29, 0.717) is 0 Å². The fourth-order valence-electron chi connectivity index (χ4n) is 1.15. The maximum atomic E-state index is 3.60. The largest absolute Gasteiger partial charge is 0.103 e. The Morgan fingerprint density at radius 2 is 1.14 bits per heavy atom. The molecule has 0 nitrogen and oxygen atoms in total. The maximum Gasteiger partial charge on any atom is -0.0353 e. The van der Waals surface area contributed by atoms with Gasteiger partial charge in [-0.1, -0.05) is 89.8 Å². The Morgan fingerprint density at radius 1 is 0.682 bits per heavy atom. The Kier molecular flexibility index (Phi) is 56.4. The maximum absolute atomic E-state index is 3.60. The molecule has 0 aliphatic rings. The van der Waals surface area contributed by atoms with E-state index in [-0.39, 0.29) is 0 Å². The molecule has 22 heavy (non-hydrogen) atoms. The van der Waals surface area contributed by atoms with Gasteiger partial charge in [-0.15, -0.1) is 13.2 Å². The molecule has 0 atom stereocenters. The fraction of sp³-hybridized carbons (Fsp3) is 0.636. The number of unbranched alkanes of at least 4 members (excludes halogenated alkanes) is 4. The van der Waals surface area contributed by atoms with Crippen LogP contribution in [-0.2, 0) is 0 Å². The third kappa shape index (κ3) is 76.2. The van der Waals surface area contributed by atoms with Gasteiger partial charge in [0.15, 0.2) is 0 Å². The standard InChI is InChI=1S/C8H16.C6H12.C5H10.C3H6/c1-3-5-7-8-6-4-2;1-3-5-6-4-2;1-3-5-4-2;1-3-2/h7-8H,3-6H2,1-2H3;3H,1,4-6H2,2H3;3,5H,4H2,1-2H3;3H,1H2,2H3/b8-7+;;5-3+;. The molecule has 0 aromatic heterocycles. The van der Waals surface area contributed by atoms with Crippen LogP contribution in [0.4, 0.5) is 0 Å². The SMILES string of the molecule is C/C=C/CC.C=CC.C=CCCCC.CCC/C=C/CCC. The summed E-state index contributed by atoms with van der Waals surface area (Å²) in [7, 11) is 0. The molecule has 0 N–H and O–H groups in total. The van der Waals surface area contributed by atoms with Crippen molar-refractivity contribution < 1.29 is 0 Å². The van der Waals surface area contributed by atoms with Crippen LogP contribution >= 0.6 is 0 Å². The van der Waals surface area contributed by atoms with Crippen LogP contribution in [0.15, 0.2) is 49.6 Å². The van der Waals surface area contributed by atoms with Crippen molar-refractivity contribution in [3.8, 4) is 0 Å². The third-order valence-corrected chi connectivity index (χ3v) is 2.31. The molecule has 0 fully saturated rings. The summed E-state index contributed by atoms with van der Waals surface area (Å²) in [6.07, 6.45) is 22.4. The van der Waals surface area contributed by atoms with Crippen LogP contribution in [0.2, 0.25) is 0 Å². The van der Waals surface area contributed by atoms with Gasteiger partial charge in [-0.2, -0.15) is 0 Å². The van der Waals surface area contributed by atoms with Gasteiger partial charge in [0.05, 0.1) is 0 Å². The highest BCUT2D eigenvalue weighted by Crippen LogP contribution is 1.93. The van der Waals surface area contributed by atoms with Crippen LogP contribution in [0, 0.1) is 0 Å². The van der Waals surface area contributed by atoms with E-state index in [0.717, 1.165) is 6.42 Å². The van der Waals surface area contributed by atoms with E-state index in [1.807, 2.05) is 19.9 Å². The highest BCUT2D eigenvalue weighted by molar-refractivity contribution is 4.80. The van der Waals surface area contributed by atoms with Crippen LogP contribution in [0.1, 0.15) is 92.9 Å². The second-order valence-corrected chi connectivity index (χ2v) is 4.87. The van der Waals surface area contributed by atoms with Crippen LogP contribution in [0.25, 0.3) is 0 Å². The minimum atomic E-state index is 1.16. The highest BCUT2D eigenvalue weighted by Gasteiger charge is 1.72. The zero-order valence-corrected chi connectivity index (χ0v) is 16.5. The van der Waals surface area contributed by atoms with Gasteiger partial charge in [-0.05, 0) is 39.5 Å². The van der Waals surface area contributed by atoms with Gasteiger partial charge in [0.25, 0.3) is 0 Å². The monoisotopic (exact) mass is 308 g/mol. The van der Waals surface area contributed by atoms with E-state index in [9.17, 15) is 0 Å². The average molecular weight is 309 g/mol. The normalized spacial score (nSPS) is 9.00. The topological polar surface area (TPSA) is 0 Å². The van der Waals surface area contributed by atoms with Crippen LogP contribution < -0.4 is 0 Å². The lowest BCUT2D eigenvalue weighted by molar-refractivity contribution is 0.816. The summed E-state index contributed by atoms with van der Waals surface area (Å²) in [4.78, 5) is 0. The molecular weight excluding hydrogens is 264 g/mol. The summed E-state index contributed by atoms with van der Waals surface area (Å²) >= 11 is 0. The molecule has 0 aromatic rings. The number of hydrogen-bond donors (Lipinski definition) is 0. The Morgan fingerprint density at radius 3 is 1.27 bits per heavy atom. The van der Waals surface area contributed by atoms with E-state index in [1.54, 1.807) is 6.08 Å². The minimum Gasteiger partial charge on any atom is -0.103 e. The summed E-state index contributed by atoms with van der Waals surface area (Å²) in [5.74, 6) is 0. The summed E-state index contributed by atoms with van der Waals surface area (Å²) in [5, 5.41) is 0. The molecule has 0 heteroatoms. The molecule has 0 rings (SSSR count). The van der Waals surface area contributed by atoms with E-state index in [1.165, 1.54) is 44.9 Å². The van der Waals surface area contributed by atoms with Crippen molar-refractivity contribution in [1.29, 1.82) is 0 Å². The van der Waals surface area contributed by atoms with Gasteiger partial charge in [-0.25, -0.2) is 0 Å². The number of rotatable bonds is 8. The van der Waals surface area contributed by atoms with Crippen molar-refractivity contribution >= 4 is 0 Å². The molecule has 0 bridgehead atoms. The van der Waals surface area contributed by atoms with Crippen molar-refractivity contribution in [1.82, 2.24) is 0 Å². The van der Waals surface area contributed by atoms with Gasteiger partial charge in [0, 0.05) is 0 Å². The smallest absolute Gasteiger partial charge is 0.0353 e. The molecule has 0 heterocycles. The third-order valence-electron chi connectivity index (χ3n) is 2.31. The lowest BCUT2D eigenvalue weighted by Gasteiger charge is -1.83. The van der Waals surface area contributed by atoms with Gasteiger partial charge < -0.3 is 0 Å². The van der Waals surface area contributed by atoms with Crippen LogP contribution in [0.3, 0.4) is 0 Å². The predicted octanol–water partition coefficient (Wildman–Crippen LogP) is 8.67. The second-order valence-electron chi connectivity index (χ2n) is 4.87. The van der Waals surface area contributed by atoms with Gasteiger partial charge in [0.1, 0.15) is 0 Å². The first kappa shape index (κ1) is 29.0. The van der Waals surface area contributed by atoms with E-state index in [2.05, 4.69) is 65.2 Å². The molecule has 0 unspecified atom stereocenters. The summed E-state index contributed by atoms with van der Waals surface area (Å²) < 4.78 is 0. The van der Waals surface area contributed by atoms with Gasteiger partial charge in [-0.3, -0.25) is 0 Å². The first-order chi connectivity index (χ1) is 10.7. The Hall–Kier alpha value is -1.04. The second kappa shape index (κ2) is 42.7. The average Bonchev–Trinajstić information content (AvgIpc) is 2.52.